The van der Waals surface area contributed by atoms with Gasteiger partial charge in [-0.3, -0.25) is 9.59 Å². The molecule has 4 aromatic carbocycles. The zero-order valence-corrected chi connectivity index (χ0v) is 19.8. The van der Waals surface area contributed by atoms with Gasteiger partial charge in [-0.1, -0.05) is 36.4 Å². The molecule has 7 heteroatoms. The van der Waals surface area contributed by atoms with Crippen molar-refractivity contribution in [2.75, 3.05) is 7.05 Å². The molecule has 0 unspecified atom stereocenters. The Kier molecular flexibility index (Phi) is 6.51. The van der Waals surface area contributed by atoms with E-state index < -0.39 is 0 Å². The lowest BCUT2D eigenvalue weighted by Crippen LogP contribution is -2.23. The number of fused-ring (bicyclic) bond motifs is 1. The maximum atomic E-state index is 13.9. The molecule has 0 fully saturated rings. The van der Waals surface area contributed by atoms with E-state index in [1.54, 1.807) is 54.6 Å². The van der Waals surface area contributed by atoms with Gasteiger partial charge in [-0.15, -0.1) is 0 Å². The molecule has 0 bridgehead atoms. The number of carbonyl (C=O) groups excluding carboxylic acids is 2. The number of benzene rings is 4. The Bertz CT molecular complexity index is 1620. The molecule has 37 heavy (non-hydrogen) atoms. The number of amides is 2. The minimum absolute atomic E-state index is 0.0678. The number of hydrogen-bond donors (Lipinski definition) is 2. The maximum absolute atomic E-state index is 13.9. The third kappa shape index (κ3) is 4.84. The molecule has 0 spiro atoms. The maximum Gasteiger partial charge on any atom is 0.255 e. The van der Waals surface area contributed by atoms with E-state index in [4.69, 9.17) is 4.42 Å². The Hall–Kier alpha value is -4.78. The van der Waals surface area contributed by atoms with Gasteiger partial charge in [0.2, 0.25) is 0 Å². The molecule has 0 aliphatic rings. The third-order valence-electron chi connectivity index (χ3n) is 6.10. The summed E-state index contributed by atoms with van der Waals surface area (Å²) in [5, 5.41) is 5.98. The monoisotopic (exact) mass is 496 g/mol. The third-order valence-corrected chi connectivity index (χ3v) is 6.10. The Morgan fingerprint density at radius 1 is 0.784 bits per heavy atom. The lowest BCUT2D eigenvalue weighted by Gasteiger charge is -2.08. The molecular weight excluding hydrogens is 474 g/mol. The van der Waals surface area contributed by atoms with Gasteiger partial charge in [0.15, 0.2) is 0 Å². The molecule has 0 radical (unpaired) electrons. The fraction of sp³-hybridized carbons (Fsp3) is 0.0667. The lowest BCUT2D eigenvalue weighted by atomic mass is 9.99. The molecule has 1 heterocycles. The van der Waals surface area contributed by atoms with Crippen molar-refractivity contribution < 1.29 is 22.8 Å². The first-order chi connectivity index (χ1) is 17.9. The van der Waals surface area contributed by atoms with Crippen LogP contribution in [-0.2, 0) is 6.54 Å². The summed E-state index contributed by atoms with van der Waals surface area (Å²) >= 11 is 0. The molecule has 2 amide bonds. The number of halogens is 2. The van der Waals surface area contributed by atoms with Crippen LogP contribution >= 0.6 is 0 Å². The first-order valence-electron chi connectivity index (χ1n) is 11.6. The second kappa shape index (κ2) is 10.1. The molecule has 184 valence electrons. The van der Waals surface area contributed by atoms with Gasteiger partial charge in [-0.05, 0) is 65.7 Å². The molecule has 5 aromatic rings. The highest BCUT2D eigenvalue weighted by molar-refractivity contribution is 6.11. The van der Waals surface area contributed by atoms with Gasteiger partial charge in [0.1, 0.15) is 23.0 Å². The topological polar surface area (TPSA) is 71.3 Å². The van der Waals surface area contributed by atoms with E-state index in [0.717, 1.165) is 11.1 Å². The van der Waals surface area contributed by atoms with Crippen LogP contribution in [0.4, 0.5) is 8.78 Å². The van der Waals surface area contributed by atoms with Crippen molar-refractivity contribution in [3.8, 4) is 22.5 Å². The van der Waals surface area contributed by atoms with E-state index in [1.807, 2.05) is 18.2 Å². The first kappa shape index (κ1) is 23.9. The zero-order valence-electron chi connectivity index (χ0n) is 19.8. The number of furan rings is 1. The van der Waals surface area contributed by atoms with E-state index >= 15 is 0 Å². The van der Waals surface area contributed by atoms with Crippen molar-refractivity contribution in [3.63, 3.8) is 0 Å². The number of nitrogens with one attached hydrogen (secondary N) is 2. The van der Waals surface area contributed by atoms with E-state index in [-0.39, 0.29) is 30.0 Å². The summed E-state index contributed by atoms with van der Waals surface area (Å²) in [6.07, 6.45) is 0. The predicted octanol–water partition coefficient (Wildman–Crippen LogP) is 6.33. The Labute approximate surface area is 211 Å². The van der Waals surface area contributed by atoms with Crippen LogP contribution in [0, 0.1) is 11.6 Å². The van der Waals surface area contributed by atoms with Gasteiger partial charge in [0.25, 0.3) is 11.8 Å². The van der Waals surface area contributed by atoms with Crippen LogP contribution in [0.15, 0.2) is 95.4 Å². The smallest absolute Gasteiger partial charge is 0.255 e. The van der Waals surface area contributed by atoms with Gasteiger partial charge in [-0.2, -0.15) is 0 Å². The molecule has 1 aromatic heterocycles. The van der Waals surface area contributed by atoms with Crippen molar-refractivity contribution >= 4 is 22.8 Å². The fourth-order valence-electron chi connectivity index (χ4n) is 4.19. The number of hydrogen-bond acceptors (Lipinski definition) is 3. The zero-order chi connectivity index (χ0) is 25.9. The van der Waals surface area contributed by atoms with Crippen LogP contribution in [0.25, 0.3) is 33.4 Å². The molecule has 5 rings (SSSR count). The predicted molar refractivity (Wildman–Crippen MR) is 138 cm³/mol. The van der Waals surface area contributed by atoms with Crippen molar-refractivity contribution in [1.29, 1.82) is 0 Å². The van der Waals surface area contributed by atoms with Crippen LogP contribution in [0.5, 0.6) is 0 Å². The highest BCUT2D eigenvalue weighted by Crippen LogP contribution is 2.36. The van der Waals surface area contributed by atoms with Crippen LogP contribution in [0.3, 0.4) is 0 Å². The first-order valence-corrected chi connectivity index (χ1v) is 11.6. The normalized spacial score (nSPS) is 10.9. The molecule has 2 N–H and O–H groups in total. The van der Waals surface area contributed by atoms with Crippen LogP contribution in [0.1, 0.15) is 26.3 Å². The average molecular weight is 497 g/mol. The molecular formula is C30H22F2N2O3. The largest absolute Gasteiger partial charge is 0.455 e. The fourth-order valence-corrected chi connectivity index (χ4v) is 4.19. The summed E-state index contributed by atoms with van der Waals surface area (Å²) in [6, 6.07) is 24.5. The summed E-state index contributed by atoms with van der Waals surface area (Å²) in [5.74, 6) is -1.10. The van der Waals surface area contributed by atoms with E-state index in [0.29, 0.717) is 39.0 Å². The summed E-state index contributed by atoms with van der Waals surface area (Å²) in [6.45, 7) is 0.0678. The minimum Gasteiger partial charge on any atom is -0.455 e. The van der Waals surface area contributed by atoms with Gasteiger partial charge in [-0.25, -0.2) is 8.78 Å². The Morgan fingerprint density at radius 2 is 1.51 bits per heavy atom. The summed E-state index contributed by atoms with van der Waals surface area (Å²) < 4.78 is 33.4. The van der Waals surface area contributed by atoms with E-state index in [9.17, 15) is 18.4 Å². The summed E-state index contributed by atoms with van der Waals surface area (Å²) in [7, 11) is 1.53. The van der Waals surface area contributed by atoms with Crippen LogP contribution in [0.2, 0.25) is 0 Å². The second-order valence-electron chi connectivity index (χ2n) is 8.46. The number of rotatable bonds is 6. The van der Waals surface area contributed by atoms with Crippen molar-refractivity contribution in [3.05, 3.63) is 119 Å². The average Bonchev–Trinajstić information content (AvgIpc) is 3.31. The van der Waals surface area contributed by atoms with Gasteiger partial charge in [0.05, 0.1) is 5.56 Å². The standard InChI is InChI=1S/C30H22F2N2O3/c1-33-30(36)27-24-16-20(11-14-26(24)37-28(27)18-9-12-23(31)13-10-18)19-6-4-7-21(15-19)29(35)34-17-22-5-2-3-8-25(22)32/h2-16H,17H2,1H3,(H,33,36)(H,34,35). The van der Waals surface area contributed by atoms with Crippen molar-refractivity contribution in [1.82, 2.24) is 10.6 Å². The van der Waals surface area contributed by atoms with Crippen molar-refractivity contribution in [2.24, 2.45) is 0 Å². The SMILES string of the molecule is CNC(=O)c1c(-c2ccc(F)cc2)oc2ccc(-c3cccc(C(=O)NCc4ccccc4F)c3)cc12. The number of carbonyl (C=O) groups is 2. The molecule has 0 atom stereocenters. The second-order valence-corrected chi connectivity index (χ2v) is 8.46. The molecule has 5 nitrogen and oxygen atoms in total. The quantitative estimate of drug-likeness (QED) is 0.288. The lowest BCUT2D eigenvalue weighted by molar-refractivity contribution is 0.0947. The summed E-state index contributed by atoms with van der Waals surface area (Å²) in [5.41, 5.74) is 3.76. The van der Waals surface area contributed by atoms with Crippen LogP contribution in [-0.4, -0.2) is 18.9 Å². The minimum atomic E-state index is -0.388. The van der Waals surface area contributed by atoms with Crippen LogP contribution < -0.4 is 10.6 Å². The summed E-state index contributed by atoms with van der Waals surface area (Å²) in [4.78, 5) is 25.6. The molecule has 0 aliphatic carbocycles. The van der Waals surface area contributed by atoms with Gasteiger partial charge < -0.3 is 15.1 Å². The Morgan fingerprint density at radius 3 is 2.27 bits per heavy atom. The van der Waals surface area contributed by atoms with Crippen molar-refractivity contribution in [2.45, 2.75) is 6.54 Å². The van der Waals surface area contributed by atoms with E-state index in [1.165, 1.54) is 25.2 Å². The Balaban J connectivity index is 1.49. The molecule has 0 saturated carbocycles. The molecule has 0 saturated heterocycles. The van der Waals surface area contributed by atoms with Gasteiger partial charge >= 0.3 is 0 Å². The van der Waals surface area contributed by atoms with Gasteiger partial charge in [0, 0.05) is 35.7 Å². The highest BCUT2D eigenvalue weighted by atomic mass is 19.1. The van der Waals surface area contributed by atoms with E-state index in [2.05, 4.69) is 10.6 Å². The molecule has 0 aliphatic heterocycles. The highest BCUT2D eigenvalue weighted by Gasteiger charge is 2.22.